The Balaban J connectivity index is 1.68. The summed E-state index contributed by atoms with van der Waals surface area (Å²) in [5.41, 5.74) is -0.348. The van der Waals surface area contributed by atoms with Crippen LogP contribution in [-0.4, -0.2) is 62.1 Å². The maximum atomic E-state index is 13.4. The van der Waals surface area contributed by atoms with Crippen molar-refractivity contribution in [2.75, 3.05) is 11.5 Å². The van der Waals surface area contributed by atoms with E-state index in [9.17, 15) is 19.2 Å². The van der Waals surface area contributed by atoms with Crippen molar-refractivity contribution in [3.63, 3.8) is 0 Å². The van der Waals surface area contributed by atoms with Gasteiger partial charge < -0.3 is 15.4 Å². The number of allylic oxidation sites excluding steroid dienone is 1. The maximum Gasteiger partial charge on any atom is 0.329 e. The van der Waals surface area contributed by atoms with Gasteiger partial charge in [0.05, 0.1) is 13.0 Å². The second-order valence-corrected chi connectivity index (χ2v) is 14.4. The summed E-state index contributed by atoms with van der Waals surface area (Å²) in [4.78, 5) is 61.0. The number of unbranched alkanes of at least 4 members (excludes halogenated alkanes) is 4. The smallest absolute Gasteiger partial charge is 0.329 e. The third kappa shape index (κ3) is 11.1. The average molecular weight is 637 g/mol. The van der Waals surface area contributed by atoms with Gasteiger partial charge in [-0.05, 0) is 38.2 Å². The van der Waals surface area contributed by atoms with Crippen LogP contribution < -0.4 is 10.6 Å². The molecule has 2 aliphatic heterocycles. The molecular formula is C30H44N4O5S3. The van der Waals surface area contributed by atoms with E-state index in [1.165, 1.54) is 54.1 Å². The number of thioether (sulfide) groups is 2. The lowest BCUT2D eigenvalue weighted by molar-refractivity contribution is -0.152. The molecule has 3 heterocycles. The Kier molecular flexibility index (Phi) is 14.1. The van der Waals surface area contributed by atoms with Crippen LogP contribution in [-0.2, 0) is 30.5 Å². The number of aromatic nitrogens is 1. The van der Waals surface area contributed by atoms with Crippen LogP contribution in [0.1, 0.15) is 96.2 Å². The zero-order valence-electron chi connectivity index (χ0n) is 25.1. The van der Waals surface area contributed by atoms with Gasteiger partial charge in [-0.25, -0.2) is 9.78 Å². The summed E-state index contributed by atoms with van der Waals surface area (Å²) in [6, 6.07) is -0.873. The molecule has 4 bridgehead atoms. The fraction of sp³-hybridized carbons (Fsp3) is 0.667. The quantitative estimate of drug-likeness (QED) is 0.177. The van der Waals surface area contributed by atoms with Gasteiger partial charge in [0.1, 0.15) is 33.4 Å². The summed E-state index contributed by atoms with van der Waals surface area (Å²) in [7, 11) is 0. The Bertz CT molecular complexity index is 1150. The number of nitrogens with zero attached hydrogens (tertiary/aromatic N) is 2. The van der Waals surface area contributed by atoms with Gasteiger partial charge in [-0.1, -0.05) is 64.3 Å². The van der Waals surface area contributed by atoms with E-state index in [0.717, 1.165) is 17.8 Å². The Morgan fingerprint density at radius 1 is 1.24 bits per heavy atom. The van der Waals surface area contributed by atoms with Crippen LogP contribution in [0.3, 0.4) is 0 Å². The molecule has 232 valence electrons. The van der Waals surface area contributed by atoms with Crippen molar-refractivity contribution in [3.05, 3.63) is 28.2 Å². The van der Waals surface area contributed by atoms with E-state index in [1.54, 1.807) is 13.0 Å². The molecule has 3 atom stereocenters. The van der Waals surface area contributed by atoms with Crippen molar-refractivity contribution < 1.29 is 23.9 Å². The molecule has 42 heavy (non-hydrogen) atoms. The highest BCUT2D eigenvalue weighted by Crippen LogP contribution is 2.32. The number of aliphatic imine (C=N–C) groups is 1. The van der Waals surface area contributed by atoms with Gasteiger partial charge in [0.25, 0.3) is 0 Å². The van der Waals surface area contributed by atoms with Crippen LogP contribution in [0, 0.1) is 5.92 Å². The molecule has 0 radical (unpaired) electrons. The first-order valence-electron chi connectivity index (χ1n) is 14.9. The van der Waals surface area contributed by atoms with Crippen LogP contribution in [0.15, 0.2) is 22.5 Å². The molecule has 0 aromatic carbocycles. The Morgan fingerprint density at radius 3 is 2.79 bits per heavy atom. The van der Waals surface area contributed by atoms with E-state index < -0.39 is 23.7 Å². The molecule has 1 aromatic heterocycles. The zero-order chi connectivity index (χ0) is 30.5. The van der Waals surface area contributed by atoms with Crippen LogP contribution in [0.4, 0.5) is 0 Å². The normalized spacial score (nSPS) is 23.5. The van der Waals surface area contributed by atoms with E-state index in [0.29, 0.717) is 41.5 Å². The second-order valence-electron chi connectivity index (χ2n) is 11.3. The number of nitrogens with one attached hydrogen (secondary N) is 2. The lowest BCUT2D eigenvalue weighted by Crippen LogP contribution is -2.51. The van der Waals surface area contributed by atoms with Crippen molar-refractivity contribution in [2.45, 2.75) is 110 Å². The molecule has 0 saturated heterocycles. The number of rotatable bonds is 12. The fourth-order valence-corrected chi connectivity index (χ4v) is 7.17. The van der Waals surface area contributed by atoms with E-state index in [-0.39, 0.29) is 35.8 Å². The fourth-order valence-electron chi connectivity index (χ4n) is 4.48. The van der Waals surface area contributed by atoms with Gasteiger partial charge in [0.2, 0.25) is 11.8 Å². The van der Waals surface area contributed by atoms with Crippen LogP contribution in [0.2, 0.25) is 0 Å². The summed E-state index contributed by atoms with van der Waals surface area (Å²) >= 11 is 4.19. The Hall–Kier alpha value is -2.18. The molecule has 12 heteroatoms. The highest BCUT2D eigenvalue weighted by molar-refractivity contribution is 8.14. The molecule has 0 unspecified atom stereocenters. The minimum absolute atomic E-state index is 0.0626. The van der Waals surface area contributed by atoms with E-state index in [2.05, 4.69) is 27.5 Å². The van der Waals surface area contributed by atoms with Crippen molar-refractivity contribution in [1.29, 1.82) is 0 Å². The molecule has 2 N–H and O–H groups in total. The van der Waals surface area contributed by atoms with E-state index in [1.807, 2.05) is 25.3 Å². The summed E-state index contributed by atoms with van der Waals surface area (Å²) in [5.74, 6) is -0.0308. The molecule has 1 aromatic rings. The molecule has 2 aliphatic rings. The number of esters is 1. The lowest BCUT2D eigenvalue weighted by Gasteiger charge is -2.26. The number of ether oxygens (including phenoxy) is 1. The highest BCUT2D eigenvalue weighted by Gasteiger charge is 2.41. The molecule has 0 saturated carbocycles. The number of carbonyl (C=O) groups is 4. The van der Waals surface area contributed by atoms with Crippen LogP contribution >= 0.6 is 34.9 Å². The van der Waals surface area contributed by atoms with Gasteiger partial charge in [-0.3, -0.25) is 19.4 Å². The minimum Gasteiger partial charge on any atom is -0.456 e. The van der Waals surface area contributed by atoms with E-state index >= 15 is 0 Å². The third-order valence-electron chi connectivity index (χ3n) is 6.87. The maximum absolute atomic E-state index is 13.4. The largest absolute Gasteiger partial charge is 0.456 e. The van der Waals surface area contributed by atoms with Gasteiger partial charge >= 0.3 is 5.97 Å². The number of hydrogen-bond donors (Lipinski definition) is 2. The van der Waals surface area contributed by atoms with Gasteiger partial charge in [0, 0.05) is 23.3 Å². The topological polar surface area (TPSA) is 127 Å². The van der Waals surface area contributed by atoms with Crippen molar-refractivity contribution >= 4 is 62.8 Å². The number of hydrogen-bond acceptors (Lipinski definition) is 10. The standard InChI is InChI=1S/C30H44N4O5S3/c1-5-6-7-8-9-13-26(36)40-14-11-10-12-21-16-24(35)31-17-25-32-23(18-41-25)27-34-30(4,19-42-27)29(38)33-22(15-20(2)3)28(37)39-21/h10,12,18,20-22H,5-9,11,13-17,19H2,1-4H3,(H,31,35)(H,33,38)/b12-10+/t21-,22+,30+/m1/s1. The first-order chi connectivity index (χ1) is 20.1. The first kappa shape index (κ1) is 34.3. The number of carbonyl (C=O) groups excluding carboxylic acids is 4. The summed E-state index contributed by atoms with van der Waals surface area (Å²) < 4.78 is 5.81. The summed E-state index contributed by atoms with van der Waals surface area (Å²) in [6.45, 7) is 8.12. The third-order valence-corrected chi connectivity index (χ3v) is 9.96. The molecular weight excluding hydrogens is 593 g/mol. The molecule has 0 aliphatic carbocycles. The van der Waals surface area contributed by atoms with Crippen LogP contribution in [0.5, 0.6) is 0 Å². The highest BCUT2D eigenvalue weighted by atomic mass is 32.2. The molecule has 3 rings (SSSR count). The summed E-state index contributed by atoms with van der Waals surface area (Å²) in [5, 5.41) is 9.22. The SMILES string of the molecule is CCCCCCCC(=O)SCC/C=C/[C@@H]1CC(=O)NCc2nc(cs2)C2=N[C@@](C)(CS2)C(=O)N[C@@H](CC(C)C)C(=O)O1. The summed E-state index contributed by atoms with van der Waals surface area (Å²) in [6.07, 6.45) is 9.83. The predicted molar refractivity (Wildman–Crippen MR) is 172 cm³/mol. The number of cyclic esters (lactones) is 1. The number of thiazole rings is 1. The predicted octanol–water partition coefficient (Wildman–Crippen LogP) is 5.42. The van der Waals surface area contributed by atoms with Crippen molar-refractivity contribution in [1.82, 2.24) is 15.6 Å². The van der Waals surface area contributed by atoms with Gasteiger partial charge in [-0.15, -0.1) is 23.1 Å². The zero-order valence-corrected chi connectivity index (χ0v) is 27.6. The second kappa shape index (κ2) is 17.2. The Labute approximate surface area is 261 Å². The van der Waals surface area contributed by atoms with Crippen molar-refractivity contribution in [3.8, 4) is 0 Å². The molecule has 2 amide bonds. The molecule has 0 spiro atoms. The number of amides is 2. The van der Waals surface area contributed by atoms with Gasteiger partial charge in [-0.2, -0.15) is 0 Å². The Morgan fingerprint density at radius 2 is 2.02 bits per heavy atom. The molecule has 0 fully saturated rings. The average Bonchev–Trinajstić information content (AvgIpc) is 3.58. The van der Waals surface area contributed by atoms with Crippen LogP contribution in [0.25, 0.3) is 0 Å². The minimum atomic E-state index is -1.03. The van der Waals surface area contributed by atoms with Crippen molar-refractivity contribution in [2.24, 2.45) is 10.9 Å². The lowest BCUT2D eigenvalue weighted by atomic mass is 10.0. The first-order valence-corrected chi connectivity index (χ1v) is 17.7. The monoisotopic (exact) mass is 636 g/mol. The van der Waals surface area contributed by atoms with Gasteiger partial charge in [0.15, 0.2) is 5.12 Å². The molecule has 9 nitrogen and oxygen atoms in total. The number of fused-ring (bicyclic) bond motifs is 4. The van der Waals surface area contributed by atoms with E-state index in [4.69, 9.17) is 4.74 Å².